The maximum atomic E-state index is 13.4. The molecule has 2 amide bonds. The molecule has 1 N–H and O–H groups in total. The van der Waals surface area contributed by atoms with E-state index in [1.165, 1.54) is 17.8 Å². The zero-order valence-electron chi connectivity index (χ0n) is 17.5. The van der Waals surface area contributed by atoms with Crippen LogP contribution in [0.2, 0.25) is 0 Å². The quantitative estimate of drug-likeness (QED) is 0.554. The highest BCUT2D eigenvalue weighted by Crippen LogP contribution is 2.42. The number of amides is 2. The minimum absolute atomic E-state index is 0.149. The van der Waals surface area contributed by atoms with Gasteiger partial charge in [0.25, 0.3) is 5.91 Å². The van der Waals surface area contributed by atoms with Gasteiger partial charge < -0.3 is 10.2 Å². The van der Waals surface area contributed by atoms with Crippen LogP contribution in [0.1, 0.15) is 29.7 Å². The number of aryl methyl sites for hydroxylation is 1. The summed E-state index contributed by atoms with van der Waals surface area (Å²) in [7, 11) is 0. The van der Waals surface area contributed by atoms with Crippen molar-refractivity contribution in [2.45, 2.75) is 31.3 Å². The number of benzene rings is 3. The summed E-state index contributed by atoms with van der Waals surface area (Å²) in [6.07, 6.45) is 1.42. The summed E-state index contributed by atoms with van der Waals surface area (Å²) in [5, 5.41) is 2.96. The molecule has 0 radical (unpaired) electrons. The predicted molar refractivity (Wildman–Crippen MR) is 126 cm³/mol. The van der Waals surface area contributed by atoms with Crippen molar-refractivity contribution in [3.05, 3.63) is 107 Å². The Labute approximate surface area is 187 Å². The van der Waals surface area contributed by atoms with Gasteiger partial charge >= 0.3 is 0 Å². The largest absolute Gasteiger partial charge is 0.346 e. The molecule has 5 heteroatoms. The first-order valence-electron chi connectivity index (χ1n) is 10.2. The summed E-state index contributed by atoms with van der Waals surface area (Å²) >= 11 is 1.34. The van der Waals surface area contributed by atoms with E-state index in [0.717, 1.165) is 27.3 Å². The molecule has 1 heterocycles. The molecule has 0 saturated carbocycles. The maximum absolute atomic E-state index is 13.4. The molecule has 1 atom stereocenters. The molecule has 0 aromatic heterocycles. The van der Waals surface area contributed by atoms with Crippen LogP contribution in [0.5, 0.6) is 0 Å². The summed E-state index contributed by atoms with van der Waals surface area (Å²) < 4.78 is 0. The molecule has 0 bridgehead atoms. The highest BCUT2D eigenvalue weighted by Gasteiger charge is 2.30. The fraction of sp³-hybridized carbons (Fsp3) is 0.154. The van der Waals surface area contributed by atoms with Crippen molar-refractivity contribution in [2.24, 2.45) is 0 Å². The number of nitrogens with one attached hydrogen (secondary N) is 1. The topological polar surface area (TPSA) is 49.4 Å². The first-order chi connectivity index (χ1) is 15.0. The van der Waals surface area contributed by atoms with Crippen LogP contribution < -0.4 is 10.2 Å². The van der Waals surface area contributed by atoms with Crippen LogP contribution in [-0.4, -0.2) is 11.8 Å². The first-order valence-corrected chi connectivity index (χ1v) is 11.0. The number of fused-ring (bicyclic) bond motifs is 1. The number of rotatable bonds is 5. The fourth-order valence-electron chi connectivity index (χ4n) is 3.58. The summed E-state index contributed by atoms with van der Waals surface area (Å²) in [5.41, 5.74) is 4.10. The van der Waals surface area contributed by atoms with Crippen LogP contribution in [0, 0.1) is 6.92 Å². The smallest absolute Gasteiger partial charge is 0.265 e. The molecule has 1 aliphatic heterocycles. The van der Waals surface area contributed by atoms with E-state index in [2.05, 4.69) is 5.32 Å². The van der Waals surface area contributed by atoms with Crippen molar-refractivity contribution in [2.75, 3.05) is 4.90 Å². The zero-order chi connectivity index (χ0) is 21.8. The van der Waals surface area contributed by atoms with Gasteiger partial charge in [0.1, 0.15) is 0 Å². The lowest BCUT2D eigenvalue weighted by atomic mass is 10.1. The molecule has 3 aromatic rings. The second-order valence-corrected chi connectivity index (χ2v) is 8.62. The molecule has 1 aliphatic rings. The van der Waals surface area contributed by atoms with Crippen molar-refractivity contribution >= 4 is 29.3 Å². The first kappa shape index (κ1) is 20.9. The summed E-state index contributed by atoms with van der Waals surface area (Å²) in [6, 6.07) is 25.5. The zero-order valence-corrected chi connectivity index (χ0v) is 18.4. The third kappa shape index (κ3) is 4.72. The minimum atomic E-state index is -0.276. The van der Waals surface area contributed by atoms with Crippen molar-refractivity contribution < 1.29 is 9.59 Å². The van der Waals surface area contributed by atoms with Gasteiger partial charge in [0.15, 0.2) is 0 Å². The summed E-state index contributed by atoms with van der Waals surface area (Å²) in [4.78, 5) is 29.2. The molecular weight excluding hydrogens is 404 g/mol. The van der Waals surface area contributed by atoms with Crippen LogP contribution in [0.15, 0.2) is 94.7 Å². The number of para-hydroxylation sites is 1. The van der Waals surface area contributed by atoms with Gasteiger partial charge in [-0.25, -0.2) is 0 Å². The number of thioether (sulfide) groups is 1. The molecule has 0 aliphatic carbocycles. The van der Waals surface area contributed by atoms with Crippen LogP contribution in [0.25, 0.3) is 0 Å². The number of hydrogen-bond donors (Lipinski definition) is 1. The van der Waals surface area contributed by atoms with Gasteiger partial charge in [-0.2, -0.15) is 0 Å². The summed E-state index contributed by atoms with van der Waals surface area (Å²) in [6.45, 7) is 4.43. The second kappa shape index (κ2) is 9.23. The summed E-state index contributed by atoms with van der Waals surface area (Å²) in [5.74, 6) is -0.433. The van der Waals surface area contributed by atoms with Gasteiger partial charge in [-0.1, -0.05) is 78.5 Å². The van der Waals surface area contributed by atoms with E-state index in [9.17, 15) is 9.59 Å². The van der Waals surface area contributed by atoms with Gasteiger partial charge in [-0.15, -0.1) is 0 Å². The Balaban J connectivity index is 1.59. The fourth-order valence-corrected chi connectivity index (χ4v) is 4.61. The Morgan fingerprint density at radius 3 is 2.45 bits per heavy atom. The van der Waals surface area contributed by atoms with E-state index in [4.69, 9.17) is 0 Å². The highest BCUT2D eigenvalue weighted by molar-refractivity contribution is 8.04. The lowest BCUT2D eigenvalue weighted by Gasteiger charge is -2.30. The Kier molecular flexibility index (Phi) is 6.23. The van der Waals surface area contributed by atoms with E-state index in [0.29, 0.717) is 11.4 Å². The van der Waals surface area contributed by atoms with E-state index < -0.39 is 0 Å². The van der Waals surface area contributed by atoms with Crippen LogP contribution in [-0.2, 0) is 16.1 Å². The van der Waals surface area contributed by atoms with E-state index in [1.54, 1.807) is 4.90 Å². The number of carbonyl (C=O) groups is 2. The second-order valence-electron chi connectivity index (χ2n) is 7.54. The Bertz CT molecular complexity index is 1140. The number of hydrogen-bond acceptors (Lipinski definition) is 3. The van der Waals surface area contributed by atoms with Crippen molar-refractivity contribution in [3.8, 4) is 0 Å². The molecule has 0 fully saturated rings. The number of nitrogens with zero attached hydrogens (tertiary/aromatic N) is 1. The van der Waals surface area contributed by atoms with Gasteiger partial charge in [-0.05, 0) is 42.7 Å². The van der Waals surface area contributed by atoms with Crippen molar-refractivity contribution in [1.29, 1.82) is 0 Å². The van der Waals surface area contributed by atoms with E-state index >= 15 is 0 Å². The predicted octanol–water partition coefficient (Wildman–Crippen LogP) is 5.40. The molecule has 0 unspecified atom stereocenters. The Hall–Kier alpha value is -3.31. The molecule has 0 saturated heterocycles. The Morgan fingerprint density at radius 1 is 1.00 bits per heavy atom. The van der Waals surface area contributed by atoms with Gasteiger partial charge in [0, 0.05) is 11.0 Å². The van der Waals surface area contributed by atoms with Crippen LogP contribution in [0.3, 0.4) is 0 Å². The molecule has 3 aromatic carbocycles. The lowest BCUT2D eigenvalue weighted by molar-refractivity contribution is -0.118. The number of anilines is 1. The Morgan fingerprint density at radius 2 is 1.68 bits per heavy atom. The molecule has 0 spiro atoms. The maximum Gasteiger partial charge on any atom is 0.265 e. The monoisotopic (exact) mass is 428 g/mol. The van der Waals surface area contributed by atoms with Gasteiger partial charge in [-0.3, -0.25) is 9.59 Å². The number of carbonyl (C=O) groups excluding carboxylic acids is 2. The van der Waals surface area contributed by atoms with Crippen molar-refractivity contribution in [3.63, 3.8) is 0 Å². The minimum Gasteiger partial charge on any atom is -0.346 e. The lowest BCUT2D eigenvalue weighted by Crippen LogP contribution is -2.35. The van der Waals surface area contributed by atoms with Crippen LogP contribution in [0.4, 0.5) is 5.69 Å². The standard InChI is InChI=1S/C26H24N2O2S/c1-18-10-6-7-13-21(18)17-28-22-14-8-9-15-23(22)31-24(26(28)30)16-25(29)27-19(2)20-11-4-3-5-12-20/h3-16,19H,17H2,1-2H3,(H,27,29)/b24-16-/t19-/m1/s1. The SMILES string of the molecule is Cc1ccccc1CN1C(=O)/C(=C/C(=O)N[C@H](C)c2ccccc2)Sc2ccccc21. The average Bonchev–Trinajstić information content (AvgIpc) is 2.78. The van der Waals surface area contributed by atoms with E-state index in [-0.39, 0.29) is 17.9 Å². The van der Waals surface area contributed by atoms with Gasteiger partial charge in [0.2, 0.25) is 5.91 Å². The molecular formula is C26H24N2O2S. The van der Waals surface area contributed by atoms with Crippen molar-refractivity contribution in [1.82, 2.24) is 5.32 Å². The molecule has 4 rings (SSSR count). The normalized spacial score (nSPS) is 15.5. The average molecular weight is 429 g/mol. The third-order valence-electron chi connectivity index (χ3n) is 5.34. The van der Waals surface area contributed by atoms with E-state index in [1.807, 2.05) is 92.7 Å². The molecule has 4 nitrogen and oxygen atoms in total. The van der Waals surface area contributed by atoms with Crippen LogP contribution >= 0.6 is 11.8 Å². The third-order valence-corrected chi connectivity index (χ3v) is 6.42. The van der Waals surface area contributed by atoms with Gasteiger partial charge in [0.05, 0.1) is 23.2 Å². The highest BCUT2D eigenvalue weighted by atomic mass is 32.2. The molecule has 156 valence electrons. The molecule has 31 heavy (non-hydrogen) atoms.